The first-order chi connectivity index (χ1) is 16.6. The summed E-state index contributed by atoms with van der Waals surface area (Å²) in [5.74, 6) is -3.52. The molecule has 5 rings (SSSR count). The molecule has 1 aliphatic carbocycles. The van der Waals surface area contributed by atoms with E-state index in [0.29, 0.717) is 0 Å². The van der Waals surface area contributed by atoms with Crippen molar-refractivity contribution in [3.63, 3.8) is 0 Å². The molecule has 35 heavy (non-hydrogen) atoms. The summed E-state index contributed by atoms with van der Waals surface area (Å²) in [6.07, 6.45) is 3.01. The van der Waals surface area contributed by atoms with Crippen molar-refractivity contribution in [3.05, 3.63) is 0 Å². The molecule has 0 aromatic carbocycles. The number of carbonyl (C=O) groups is 3. The van der Waals surface area contributed by atoms with E-state index in [1.165, 1.54) is 9.80 Å². The lowest BCUT2D eigenvalue weighted by Gasteiger charge is -2.48. The van der Waals surface area contributed by atoms with Crippen LogP contribution < -0.4 is 16.8 Å². The van der Waals surface area contributed by atoms with Crippen LogP contribution in [-0.2, 0) is 14.3 Å². The molecule has 3 fully saturated rings. The first kappa shape index (κ1) is 23.6. The lowest BCUT2D eigenvalue weighted by molar-refractivity contribution is -0.257. The number of carbonyl (C=O) groups excluding carboxylic acids is 3. The number of nitrogens with zero attached hydrogens (tertiary/aromatic N) is 5. The van der Waals surface area contributed by atoms with Gasteiger partial charge in [0.05, 0.1) is 19.1 Å². The number of nitrogens with one attached hydrogen (secondary N) is 1. The highest BCUT2D eigenvalue weighted by Gasteiger charge is 2.74. The molecule has 0 unspecified atom stereocenters. The highest BCUT2D eigenvalue weighted by Crippen LogP contribution is 2.46. The van der Waals surface area contributed by atoms with Crippen LogP contribution in [0.15, 0.2) is 9.98 Å². The van der Waals surface area contributed by atoms with E-state index >= 15 is 0 Å². The van der Waals surface area contributed by atoms with Gasteiger partial charge in [-0.15, -0.1) is 0 Å². The third-order valence-corrected chi connectivity index (χ3v) is 7.93. The Bertz CT molecular complexity index is 978. The summed E-state index contributed by atoms with van der Waals surface area (Å²) in [4.78, 5) is 50.0. The largest absolute Gasteiger partial charge is 0.438 e. The van der Waals surface area contributed by atoms with Crippen LogP contribution in [-0.4, -0.2) is 111 Å². The topological polar surface area (TPSA) is 199 Å². The molecule has 4 heterocycles. The van der Waals surface area contributed by atoms with Crippen LogP contribution in [0, 0.1) is 0 Å². The molecular formula is C21H32N8O6. The molecule has 5 aliphatic rings. The molecule has 192 valence electrons. The lowest BCUT2D eigenvalue weighted by atomic mass is 9.85. The summed E-state index contributed by atoms with van der Waals surface area (Å²) in [6.45, 7) is -0.310. The number of likely N-dealkylation sites (tertiary alicyclic amines) is 1. The zero-order valence-corrected chi connectivity index (χ0v) is 19.6. The number of aliphatic imine (C=N–C) groups is 2. The molecule has 14 heteroatoms. The van der Waals surface area contributed by atoms with Crippen molar-refractivity contribution < 1.29 is 29.3 Å². The minimum atomic E-state index is -2.68. The fourth-order valence-corrected chi connectivity index (χ4v) is 6.01. The number of guanidine groups is 2. The molecule has 0 aromatic heterocycles. The van der Waals surface area contributed by atoms with Crippen LogP contribution in [0.3, 0.4) is 0 Å². The smallest absolute Gasteiger partial charge is 0.410 e. The second-order valence-corrected chi connectivity index (χ2v) is 9.92. The van der Waals surface area contributed by atoms with Gasteiger partial charge in [0.15, 0.2) is 23.7 Å². The summed E-state index contributed by atoms with van der Waals surface area (Å²) in [7, 11) is 1.64. The molecular weight excluding hydrogens is 460 g/mol. The van der Waals surface area contributed by atoms with E-state index in [2.05, 4.69) is 15.3 Å². The summed E-state index contributed by atoms with van der Waals surface area (Å²) < 4.78 is 5.61. The highest BCUT2D eigenvalue weighted by atomic mass is 16.6. The molecule has 0 radical (unpaired) electrons. The van der Waals surface area contributed by atoms with Gasteiger partial charge in [-0.25, -0.2) is 14.8 Å². The Kier molecular flexibility index (Phi) is 5.55. The van der Waals surface area contributed by atoms with Crippen LogP contribution in [0.1, 0.15) is 44.9 Å². The monoisotopic (exact) mass is 492 g/mol. The van der Waals surface area contributed by atoms with Gasteiger partial charge in [-0.2, -0.15) is 0 Å². The van der Waals surface area contributed by atoms with Gasteiger partial charge in [0.1, 0.15) is 6.04 Å². The summed E-state index contributed by atoms with van der Waals surface area (Å²) >= 11 is 0. The number of rotatable bonds is 4. The fraction of sp³-hybridized carbons (Fsp3) is 0.762. The Morgan fingerprint density at radius 2 is 1.83 bits per heavy atom. The van der Waals surface area contributed by atoms with Gasteiger partial charge >= 0.3 is 6.09 Å². The Hall–Kier alpha value is -3.13. The second kappa shape index (κ2) is 8.22. The third kappa shape index (κ3) is 3.49. The number of nitrogens with two attached hydrogens (primary N) is 2. The molecule has 0 bridgehead atoms. The zero-order valence-electron chi connectivity index (χ0n) is 19.6. The van der Waals surface area contributed by atoms with Crippen molar-refractivity contribution in [1.82, 2.24) is 20.0 Å². The second-order valence-electron chi connectivity index (χ2n) is 9.92. The number of amides is 3. The maximum absolute atomic E-state index is 12.9. The first-order valence-corrected chi connectivity index (χ1v) is 12.0. The molecule has 4 atom stereocenters. The Labute approximate surface area is 201 Å². The number of hydrogen-bond acceptors (Lipinski definition) is 12. The quantitative estimate of drug-likeness (QED) is 0.208. The third-order valence-electron chi connectivity index (χ3n) is 7.93. The summed E-state index contributed by atoms with van der Waals surface area (Å²) in [6, 6.07) is -1.89. The van der Waals surface area contributed by atoms with Crippen LogP contribution >= 0.6 is 0 Å². The van der Waals surface area contributed by atoms with E-state index < -0.39 is 35.7 Å². The Morgan fingerprint density at radius 1 is 1.17 bits per heavy atom. The highest BCUT2D eigenvalue weighted by molar-refractivity contribution is 6.02. The molecule has 1 spiro atoms. The van der Waals surface area contributed by atoms with Crippen molar-refractivity contribution in [2.75, 3.05) is 20.1 Å². The molecule has 0 aromatic rings. The number of aliphatic hydroxyl groups is 2. The molecule has 3 amide bonds. The lowest BCUT2D eigenvalue weighted by Crippen LogP contribution is -2.77. The van der Waals surface area contributed by atoms with Crippen LogP contribution in [0.4, 0.5) is 4.79 Å². The SMILES string of the molecule is CN(C(=O)O[C@H]1CN2C(N)=N[C@@H](CN3C(=O)CCC3=O)[C@@H]3N=C(N)N[C@@]32C1(O)O)C1CCCCC1. The van der Waals surface area contributed by atoms with Crippen molar-refractivity contribution in [2.45, 2.75) is 80.6 Å². The van der Waals surface area contributed by atoms with Gasteiger partial charge in [0.25, 0.3) is 0 Å². The van der Waals surface area contributed by atoms with Crippen LogP contribution in [0.5, 0.6) is 0 Å². The van der Waals surface area contributed by atoms with Gasteiger partial charge in [0, 0.05) is 25.9 Å². The Morgan fingerprint density at radius 3 is 2.49 bits per heavy atom. The summed E-state index contributed by atoms with van der Waals surface area (Å²) in [5, 5.41) is 25.7. The van der Waals surface area contributed by atoms with Crippen LogP contribution in [0.2, 0.25) is 0 Å². The minimum absolute atomic E-state index is 0.0214. The first-order valence-electron chi connectivity index (χ1n) is 12.0. The zero-order chi connectivity index (χ0) is 25.1. The van der Waals surface area contributed by atoms with Crippen molar-refractivity contribution in [2.24, 2.45) is 21.5 Å². The standard InChI is InChI=1S/C21H32N8O6/c1-27(11-5-3-2-4-6-11)19(32)35-13-10-29-18(23)24-12(9-28-14(30)7-8-15(28)31)16-20(29,21(13,33)34)26-17(22)25-16/h11-13,16,33-34H,2-10H2,1H3,(H2,23,24)(H3,22,25,26)/t12-,13-,16-,20-/m0/s1. The van der Waals surface area contributed by atoms with Gasteiger partial charge in [-0.05, 0) is 12.8 Å². The molecule has 14 nitrogen and oxygen atoms in total. The summed E-state index contributed by atoms with van der Waals surface area (Å²) in [5.41, 5.74) is 10.4. The van der Waals surface area contributed by atoms with E-state index in [1.54, 1.807) is 7.05 Å². The van der Waals surface area contributed by atoms with Gasteiger partial charge in [-0.3, -0.25) is 14.5 Å². The average Bonchev–Trinajstić information content (AvgIpc) is 3.42. The predicted molar refractivity (Wildman–Crippen MR) is 121 cm³/mol. The van der Waals surface area contributed by atoms with Crippen molar-refractivity contribution in [3.8, 4) is 0 Å². The van der Waals surface area contributed by atoms with Crippen molar-refractivity contribution >= 4 is 29.8 Å². The van der Waals surface area contributed by atoms with Gasteiger partial charge in [-0.1, -0.05) is 19.3 Å². The fourth-order valence-electron chi connectivity index (χ4n) is 6.01. The molecule has 1 saturated carbocycles. The number of hydrogen-bond donors (Lipinski definition) is 5. The van der Waals surface area contributed by atoms with Crippen molar-refractivity contribution in [1.29, 1.82) is 0 Å². The number of imide groups is 1. The van der Waals surface area contributed by atoms with E-state index in [4.69, 9.17) is 16.2 Å². The predicted octanol–water partition coefficient (Wildman–Crippen LogP) is -2.42. The molecule has 2 saturated heterocycles. The maximum Gasteiger partial charge on any atom is 0.410 e. The van der Waals surface area contributed by atoms with E-state index in [1.807, 2.05) is 0 Å². The van der Waals surface area contributed by atoms with E-state index in [0.717, 1.165) is 37.0 Å². The normalized spacial score (nSPS) is 34.2. The van der Waals surface area contributed by atoms with E-state index in [-0.39, 0.29) is 55.7 Å². The number of ether oxygens (including phenoxy) is 1. The molecule has 7 N–H and O–H groups in total. The minimum Gasteiger partial charge on any atom is -0.438 e. The Balaban J connectivity index is 1.41. The van der Waals surface area contributed by atoms with Crippen LogP contribution in [0.25, 0.3) is 0 Å². The molecule has 4 aliphatic heterocycles. The van der Waals surface area contributed by atoms with Gasteiger partial charge in [0.2, 0.25) is 17.6 Å². The van der Waals surface area contributed by atoms with Gasteiger partial charge < -0.3 is 41.5 Å². The maximum atomic E-state index is 12.9. The van der Waals surface area contributed by atoms with E-state index in [9.17, 15) is 24.6 Å². The average molecular weight is 493 g/mol.